The first-order chi connectivity index (χ1) is 15.1. The predicted molar refractivity (Wildman–Crippen MR) is 107 cm³/mol. The normalized spacial score (nSPS) is 12.5. The fourth-order valence-electron chi connectivity index (χ4n) is 3.06. The standard InChI is InChI=1S/C21H21F4N5O2/c1-4-29(13(2)12-32-19-17(23)9-14(11-26-19)21(3,24)25)20(31)16-6-5-15(22)10-18(16)30-27-7-8-28-30/h5-11,13H,4,12H2,1-3H3/t13-/m0/s1. The molecule has 0 aliphatic carbocycles. The zero-order chi connectivity index (χ0) is 23.5. The molecule has 0 spiro atoms. The second-order valence-corrected chi connectivity index (χ2v) is 7.13. The number of aromatic nitrogens is 4. The Kier molecular flexibility index (Phi) is 6.75. The molecular weight excluding hydrogens is 430 g/mol. The highest BCUT2D eigenvalue weighted by Crippen LogP contribution is 2.28. The number of pyridine rings is 1. The number of carbonyl (C=O) groups excluding carboxylic acids is 1. The van der Waals surface area contributed by atoms with Crippen LogP contribution < -0.4 is 4.74 Å². The third-order valence-corrected chi connectivity index (χ3v) is 4.73. The Morgan fingerprint density at radius 1 is 1.22 bits per heavy atom. The molecule has 11 heteroatoms. The number of rotatable bonds is 8. The van der Waals surface area contributed by atoms with E-state index in [1.807, 2.05) is 0 Å². The first-order valence-corrected chi connectivity index (χ1v) is 9.75. The molecule has 0 saturated carbocycles. The molecule has 0 unspecified atom stereocenters. The Balaban J connectivity index is 1.77. The zero-order valence-electron chi connectivity index (χ0n) is 17.6. The van der Waals surface area contributed by atoms with Crippen LogP contribution in [0.15, 0.2) is 42.9 Å². The van der Waals surface area contributed by atoms with E-state index < -0.39 is 40.9 Å². The van der Waals surface area contributed by atoms with Gasteiger partial charge in [-0.15, -0.1) is 0 Å². The minimum atomic E-state index is -3.23. The van der Waals surface area contributed by atoms with Crippen LogP contribution in [-0.4, -0.2) is 50.0 Å². The Hall–Kier alpha value is -3.50. The van der Waals surface area contributed by atoms with E-state index in [4.69, 9.17) is 4.74 Å². The third kappa shape index (κ3) is 5.04. The van der Waals surface area contributed by atoms with Crippen LogP contribution >= 0.6 is 0 Å². The van der Waals surface area contributed by atoms with E-state index in [-0.39, 0.29) is 24.4 Å². The molecule has 0 aliphatic heterocycles. The summed E-state index contributed by atoms with van der Waals surface area (Å²) in [5.41, 5.74) is -0.248. The number of ether oxygens (including phenoxy) is 1. The number of benzene rings is 1. The number of carbonyl (C=O) groups is 1. The van der Waals surface area contributed by atoms with E-state index in [1.54, 1.807) is 13.8 Å². The maximum Gasteiger partial charge on any atom is 0.272 e. The van der Waals surface area contributed by atoms with Crippen molar-refractivity contribution in [2.24, 2.45) is 0 Å². The average molecular weight is 451 g/mol. The van der Waals surface area contributed by atoms with Crippen molar-refractivity contribution in [2.75, 3.05) is 13.2 Å². The summed E-state index contributed by atoms with van der Waals surface area (Å²) in [6.07, 6.45) is 3.64. The molecular formula is C21H21F4N5O2. The van der Waals surface area contributed by atoms with Crippen molar-refractivity contribution in [3.63, 3.8) is 0 Å². The van der Waals surface area contributed by atoms with Crippen molar-refractivity contribution in [1.82, 2.24) is 24.9 Å². The molecule has 0 aliphatic rings. The van der Waals surface area contributed by atoms with Crippen LogP contribution in [0.1, 0.15) is 36.7 Å². The summed E-state index contributed by atoms with van der Waals surface area (Å²) in [5.74, 6) is -5.71. The van der Waals surface area contributed by atoms with E-state index in [2.05, 4.69) is 15.2 Å². The number of hydrogen-bond donors (Lipinski definition) is 0. The Bertz CT molecular complexity index is 1090. The Morgan fingerprint density at radius 2 is 1.91 bits per heavy atom. The lowest BCUT2D eigenvalue weighted by Gasteiger charge is -2.28. The summed E-state index contributed by atoms with van der Waals surface area (Å²) >= 11 is 0. The summed E-state index contributed by atoms with van der Waals surface area (Å²) < 4.78 is 59.9. The summed E-state index contributed by atoms with van der Waals surface area (Å²) in [6, 6.07) is 3.74. The molecule has 0 bridgehead atoms. The van der Waals surface area contributed by atoms with E-state index in [0.717, 1.165) is 23.1 Å². The summed E-state index contributed by atoms with van der Waals surface area (Å²) in [4.78, 5) is 19.4. The number of amides is 1. The molecule has 170 valence electrons. The van der Waals surface area contributed by atoms with E-state index in [0.29, 0.717) is 13.0 Å². The minimum absolute atomic E-state index is 0.151. The highest BCUT2D eigenvalue weighted by atomic mass is 19.3. The van der Waals surface area contributed by atoms with Crippen LogP contribution in [0, 0.1) is 11.6 Å². The van der Waals surface area contributed by atoms with Gasteiger partial charge in [0.1, 0.15) is 18.1 Å². The molecule has 1 aromatic carbocycles. The van der Waals surface area contributed by atoms with Crippen molar-refractivity contribution in [1.29, 1.82) is 0 Å². The maximum atomic E-state index is 14.1. The van der Waals surface area contributed by atoms with Crippen LogP contribution in [0.4, 0.5) is 17.6 Å². The topological polar surface area (TPSA) is 73.1 Å². The van der Waals surface area contributed by atoms with Gasteiger partial charge >= 0.3 is 0 Å². The third-order valence-electron chi connectivity index (χ3n) is 4.73. The largest absolute Gasteiger partial charge is 0.473 e. The van der Waals surface area contributed by atoms with Crippen LogP contribution in [0.2, 0.25) is 0 Å². The van der Waals surface area contributed by atoms with Crippen molar-refractivity contribution >= 4 is 5.91 Å². The second-order valence-electron chi connectivity index (χ2n) is 7.13. The van der Waals surface area contributed by atoms with Gasteiger partial charge in [0.2, 0.25) is 5.88 Å². The fraction of sp³-hybridized carbons (Fsp3) is 0.333. The van der Waals surface area contributed by atoms with Crippen molar-refractivity contribution in [2.45, 2.75) is 32.7 Å². The van der Waals surface area contributed by atoms with E-state index >= 15 is 0 Å². The molecule has 0 fully saturated rings. The molecule has 1 amide bonds. The lowest BCUT2D eigenvalue weighted by Crippen LogP contribution is -2.42. The number of nitrogens with zero attached hydrogens (tertiary/aromatic N) is 5. The maximum absolute atomic E-state index is 14.1. The van der Waals surface area contributed by atoms with Crippen molar-refractivity contribution < 1.29 is 27.1 Å². The SMILES string of the molecule is CCN(C(=O)c1ccc(F)cc1-n1nccn1)[C@@H](C)COc1ncc(C(C)(F)F)cc1F. The fourth-order valence-corrected chi connectivity index (χ4v) is 3.06. The van der Waals surface area contributed by atoms with Gasteiger partial charge in [-0.3, -0.25) is 4.79 Å². The van der Waals surface area contributed by atoms with Gasteiger partial charge in [-0.2, -0.15) is 15.0 Å². The summed E-state index contributed by atoms with van der Waals surface area (Å²) in [5, 5.41) is 7.90. The zero-order valence-corrected chi connectivity index (χ0v) is 17.6. The van der Waals surface area contributed by atoms with Gasteiger partial charge in [0, 0.05) is 31.3 Å². The number of likely N-dealkylation sites (N-methyl/N-ethyl adjacent to an activating group) is 1. The summed E-state index contributed by atoms with van der Waals surface area (Å²) in [7, 11) is 0. The molecule has 0 radical (unpaired) electrons. The average Bonchev–Trinajstić information content (AvgIpc) is 3.27. The van der Waals surface area contributed by atoms with Gasteiger partial charge in [0.05, 0.1) is 24.0 Å². The van der Waals surface area contributed by atoms with E-state index in [9.17, 15) is 22.4 Å². The molecule has 0 saturated heterocycles. The molecule has 32 heavy (non-hydrogen) atoms. The Morgan fingerprint density at radius 3 is 2.50 bits per heavy atom. The van der Waals surface area contributed by atoms with Crippen LogP contribution in [0.25, 0.3) is 5.69 Å². The molecule has 7 nitrogen and oxygen atoms in total. The molecule has 2 aromatic heterocycles. The molecule has 3 aromatic rings. The van der Waals surface area contributed by atoms with Gasteiger partial charge in [0.15, 0.2) is 5.82 Å². The van der Waals surface area contributed by atoms with E-state index in [1.165, 1.54) is 23.4 Å². The second kappa shape index (κ2) is 9.33. The summed E-state index contributed by atoms with van der Waals surface area (Å²) in [6.45, 7) is 4.16. The molecule has 3 rings (SSSR count). The molecule has 2 heterocycles. The lowest BCUT2D eigenvalue weighted by atomic mass is 10.1. The van der Waals surface area contributed by atoms with Crippen molar-refractivity contribution in [3.05, 3.63) is 65.6 Å². The minimum Gasteiger partial charge on any atom is -0.473 e. The number of halogens is 4. The predicted octanol–water partition coefficient (Wildman–Crippen LogP) is 3.98. The van der Waals surface area contributed by atoms with Gasteiger partial charge in [-0.05, 0) is 32.0 Å². The lowest BCUT2D eigenvalue weighted by molar-refractivity contribution is 0.0165. The van der Waals surface area contributed by atoms with Gasteiger partial charge in [-0.25, -0.2) is 22.5 Å². The van der Waals surface area contributed by atoms with Gasteiger partial charge in [-0.1, -0.05) is 0 Å². The highest BCUT2D eigenvalue weighted by Gasteiger charge is 2.27. The van der Waals surface area contributed by atoms with Crippen LogP contribution in [0.5, 0.6) is 5.88 Å². The van der Waals surface area contributed by atoms with Crippen molar-refractivity contribution in [3.8, 4) is 11.6 Å². The van der Waals surface area contributed by atoms with Gasteiger partial charge in [0.25, 0.3) is 11.8 Å². The quantitative estimate of drug-likeness (QED) is 0.485. The smallest absolute Gasteiger partial charge is 0.272 e. The van der Waals surface area contributed by atoms with Gasteiger partial charge < -0.3 is 9.64 Å². The Labute approximate surface area is 181 Å². The molecule has 0 N–H and O–H groups in total. The molecule has 1 atom stereocenters. The van der Waals surface area contributed by atoms with Crippen LogP contribution in [0.3, 0.4) is 0 Å². The monoisotopic (exact) mass is 451 g/mol. The number of hydrogen-bond acceptors (Lipinski definition) is 5. The number of alkyl halides is 2. The highest BCUT2D eigenvalue weighted by molar-refractivity contribution is 5.97. The first-order valence-electron chi connectivity index (χ1n) is 9.75. The first kappa shape index (κ1) is 23.2. The van der Waals surface area contributed by atoms with Crippen LogP contribution in [-0.2, 0) is 5.92 Å².